The first-order valence-corrected chi connectivity index (χ1v) is 5.59. The summed E-state index contributed by atoms with van der Waals surface area (Å²) in [5, 5.41) is 6.76. The zero-order valence-corrected chi connectivity index (χ0v) is 10.3. The largest absolute Gasteiger partial charge is 0.477 e. The minimum Gasteiger partial charge on any atom is -0.477 e. The Labute approximate surface area is 105 Å². The molecule has 2 heterocycles. The molecular formula is C12H14N4O2. The number of hydrogen-bond acceptors (Lipinski definition) is 4. The van der Waals surface area contributed by atoms with Gasteiger partial charge in [-0.15, -0.1) is 0 Å². The Hall–Kier alpha value is -2.37. The van der Waals surface area contributed by atoms with Crippen LogP contribution in [-0.2, 0) is 7.05 Å². The van der Waals surface area contributed by atoms with Crippen molar-refractivity contribution in [2.75, 3.05) is 11.9 Å². The molecule has 0 atom stereocenters. The summed E-state index contributed by atoms with van der Waals surface area (Å²) in [5.41, 5.74) is 0.394. The van der Waals surface area contributed by atoms with Crippen molar-refractivity contribution in [1.29, 1.82) is 0 Å². The molecule has 0 aliphatic rings. The summed E-state index contributed by atoms with van der Waals surface area (Å²) in [4.78, 5) is 16.1. The molecule has 6 nitrogen and oxygen atoms in total. The molecule has 1 amide bonds. The first kappa shape index (κ1) is 12.1. The molecule has 0 saturated carbocycles. The fourth-order valence-corrected chi connectivity index (χ4v) is 1.48. The first-order valence-electron chi connectivity index (χ1n) is 5.59. The molecule has 2 rings (SSSR count). The van der Waals surface area contributed by atoms with E-state index in [-0.39, 0.29) is 5.91 Å². The van der Waals surface area contributed by atoms with Crippen molar-refractivity contribution in [1.82, 2.24) is 14.8 Å². The SMILES string of the molecule is CCOc1ncccc1C(=O)Nc1ccn(C)n1. The van der Waals surface area contributed by atoms with Crippen LogP contribution in [-0.4, -0.2) is 27.3 Å². The van der Waals surface area contributed by atoms with Crippen LogP contribution in [0.25, 0.3) is 0 Å². The van der Waals surface area contributed by atoms with Crippen molar-refractivity contribution in [3.63, 3.8) is 0 Å². The number of aromatic nitrogens is 3. The van der Waals surface area contributed by atoms with E-state index in [0.29, 0.717) is 23.9 Å². The summed E-state index contributed by atoms with van der Waals surface area (Å²) >= 11 is 0. The lowest BCUT2D eigenvalue weighted by molar-refractivity contribution is 0.102. The molecule has 0 aromatic carbocycles. The van der Waals surface area contributed by atoms with Crippen LogP contribution in [0.5, 0.6) is 5.88 Å². The van der Waals surface area contributed by atoms with Crippen molar-refractivity contribution in [2.45, 2.75) is 6.92 Å². The molecule has 1 N–H and O–H groups in total. The van der Waals surface area contributed by atoms with Crippen molar-refractivity contribution in [2.24, 2.45) is 7.05 Å². The van der Waals surface area contributed by atoms with E-state index in [1.807, 2.05) is 6.92 Å². The number of anilines is 1. The molecule has 0 saturated heterocycles. The minimum absolute atomic E-state index is 0.287. The third kappa shape index (κ3) is 2.65. The van der Waals surface area contributed by atoms with Gasteiger partial charge >= 0.3 is 0 Å². The summed E-state index contributed by atoms with van der Waals surface area (Å²) in [5.74, 6) is 0.535. The van der Waals surface area contributed by atoms with Gasteiger partial charge in [0.25, 0.3) is 5.91 Å². The molecule has 0 bridgehead atoms. The third-order valence-corrected chi connectivity index (χ3v) is 2.25. The fraction of sp³-hybridized carbons (Fsp3) is 0.250. The minimum atomic E-state index is -0.287. The highest BCUT2D eigenvalue weighted by atomic mass is 16.5. The lowest BCUT2D eigenvalue weighted by atomic mass is 10.2. The second kappa shape index (κ2) is 5.31. The zero-order valence-electron chi connectivity index (χ0n) is 10.3. The van der Waals surface area contributed by atoms with E-state index in [2.05, 4.69) is 15.4 Å². The quantitative estimate of drug-likeness (QED) is 0.886. The van der Waals surface area contributed by atoms with Gasteiger partial charge in [0.1, 0.15) is 5.56 Å². The van der Waals surface area contributed by atoms with E-state index in [9.17, 15) is 4.79 Å². The average molecular weight is 246 g/mol. The lowest BCUT2D eigenvalue weighted by Crippen LogP contribution is -2.14. The highest BCUT2D eigenvalue weighted by Gasteiger charge is 2.14. The summed E-state index contributed by atoms with van der Waals surface area (Å²) in [7, 11) is 1.78. The van der Waals surface area contributed by atoms with E-state index in [1.54, 1.807) is 42.3 Å². The molecule has 0 aliphatic carbocycles. The average Bonchev–Trinajstić information content (AvgIpc) is 2.76. The zero-order chi connectivity index (χ0) is 13.0. The van der Waals surface area contributed by atoms with E-state index < -0.39 is 0 Å². The molecule has 0 unspecified atom stereocenters. The predicted octanol–water partition coefficient (Wildman–Crippen LogP) is 1.47. The van der Waals surface area contributed by atoms with Gasteiger partial charge in [-0.25, -0.2) is 4.98 Å². The Morgan fingerprint density at radius 1 is 1.50 bits per heavy atom. The Balaban J connectivity index is 2.18. The van der Waals surface area contributed by atoms with Gasteiger partial charge < -0.3 is 10.1 Å². The van der Waals surface area contributed by atoms with Crippen molar-refractivity contribution in [3.05, 3.63) is 36.2 Å². The van der Waals surface area contributed by atoms with E-state index >= 15 is 0 Å². The number of carbonyl (C=O) groups is 1. The number of aryl methyl sites for hydroxylation is 1. The summed E-state index contributed by atoms with van der Waals surface area (Å²) in [6.07, 6.45) is 3.34. The Morgan fingerprint density at radius 2 is 2.33 bits per heavy atom. The standard InChI is InChI=1S/C12H14N4O2/c1-3-18-12-9(5-4-7-13-12)11(17)14-10-6-8-16(2)15-10/h4-8H,3H2,1-2H3,(H,14,15,17). The molecule has 0 spiro atoms. The number of pyridine rings is 1. The van der Waals surface area contributed by atoms with Crippen LogP contribution in [0.4, 0.5) is 5.82 Å². The van der Waals surface area contributed by atoms with Gasteiger partial charge in [-0.2, -0.15) is 5.10 Å². The molecule has 94 valence electrons. The lowest BCUT2D eigenvalue weighted by Gasteiger charge is -2.07. The molecule has 0 aliphatic heterocycles. The molecule has 6 heteroatoms. The van der Waals surface area contributed by atoms with Crippen LogP contribution >= 0.6 is 0 Å². The smallest absolute Gasteiger partial charge is 0.262 e. The number of amides is 1. The Morgan fingerprint density at radius 3 is 3.00 bits per heavy atom. The maximum atomic E-state index is 12.0. The van der Waals surface area contributed by atoms with Gasteiger partial charge in [0.05, 0.1) is 6.61 Å². The molecule has 0 radical (unpaired) electrons. The number of nitrogens with zero attached hydrogens (tertiary/aromatic N) is 3. The second-order valence-corrected chi connectivity index (χ2v) is 3.62. The second-order valence-electron chi connectivity index (χ2n) is 3.62. The first-order chi connectivity index (χ1) is 8.70. The maximum Gasteiger partial charge on any atom is 0.262 e. The highest BCUT2D eigenvalue weighted by molar-refractivity contribution is 6.05. The number of carbonyl (C=O) groups excluding carboxylic acids is 1. The van der Waals surface area contributed by atoms with Gasteiger partial charge in [0.15, 0.2) is 5.82 Å². The van der Waals surface area contributed by atoms with Crippen LogP contribution in [0.15, 0.2) is 30.6 Å². The number of hydrogen-bond donors (Lipinski definition) is 1. The molecule has 18 heavy (non-hydrogen) atoms. The fourth-order valence-electron chi connectivity index (χ4n) is 1.48. The normalized spacial score (nSPS) is 10.1. The van der Waals surface area contributed by atoms with Crippen LogP contribution in [0, 0.1) is 0 Å². The molecule has 2 aromatic heterocycles. The van der Waals surface area contributed by atoms with Crippen molar-refractivity contribution >= 4 is 11.7 Å². The van der Waals surface area contributed by atoms with Gasteiger partial charge in [-0.1, -0.05) is 0 Å². The molecular weight excluding hydrogens is 232 g/mol. The van der Waals surface area contributed by atoms with E-state index in [0.717, 1.165) is 0 Å². The predicted molar refractivity (Wildman–Crippen MR) is 66.6 cm³/mol. The Bertz CT molecular complexity index is 551. The molecule has 2 aromatic rings. The van der Waals surface area contributed by atoms with Crippen LogP contribution in [0.1, 0.15) is 17.3 Å². The maximum absolute atomic E-state index is 12.0. The van der Waals surface area contributed by atoms with E-state index in [1.165, 1.54) is 0 Å². The van der Waals surface area contributed by atoms with Gasteiger partial charge in [-0.3, -0.25) is 9.48 Å². The van der Waals surface area contributed by atoms with E-state index in [4.69, 9.17) is 4.74 Å². The van der Waals surface area contributed by atoms with Gasteiger partial charge in [-0.05, 0) is 19.1 Å². The van der Waals surface area contributed by atoms with Crippen LogP contribution < -0.4 is 10.1 Å². The summed E-state index contributed by atoms with van der Waals surface area (Å²) in [6.45, 7) is 2.30. The highest BCUT2D eigenvalue weighted by Crippen LogP contribution is 2.15. The summed E-state index contributed by atoms with van der Waals surface area (Å²) in [6, 6.07) is 5.07. The summed E-state index contributed by atoms with van der Waals surface area (Å²) < 4.78 is 6.92. The van der Waals surface area contributed by atoms with Crippen LogP contribution in [0.2, 0.25) is 0 Å². The molecule has 0 fully saturated rings. The number of nitrogens with one attached hydrogen (secondary N) is 1. The van der Waals surface area contributed by atoms with Crippen molar-refractivity contribution in [3.8, 4) is 5.88 Å². The van der Waals surface area contributed by atoms with Crippen LogP contribution in [0.3, 0.4) is 0 Å². The monoisotopic (exact) mass is 246 g/mol. The Kier molecular flexibility index (Phi) is 3.57. The number of rotatable bonds is 4. The third-order valence-electron chi connectivity index (χ3n) is 2.25. The van der Waals surface area contributed by atoms with Crippen molar-refractivity contribution < 1.29 is 9.53 Å². The van der Waals surface area contributed by atoms with Gasteiger partial charge in [0.2, 0.25) is 5.88 Å². The number of ether oxygens (including phenoxy) is 1. The topological polar surface area (TPSA) is 69.0 Å². The van der Waals surface area contributed by atoms with Gasteiger partial charge in [0, 0.05) is 25.5 Å².